The highest BCUT2D eigenvalue weighted by Crippen LogP contribution is 2.31. The van der Waals surface area contributed by atoms with Crippen molar-refractivity contribution in [1.29, 1.82) is 0 Å². The third-order valence-electron chi connectivity index (χ3n) is 5.37. The zero-order valence-corrected chi connectivity index (χ0v) is 17.9. The number of likely N-dealkylation sites (N-methyl/N-ethyl adjacent to an activating group) is 1. The monoisotopic (exact) mass is 407 g/mol. The molecule has 0 radical (unpaired) electrons. The van der Waals surface area contributed by atoms with Gasteiger partial charge < -0.3 is 15.1 Å². The molecular formula is C24H29N3O3. The Kier molecular flexibility index (Phi) is 6.87. The molecule has 2 aromatic rings. The normalized spacial score (nSPS) is 15.8. The minimum atomic E-state index is -0.303. The molecule has 1 N–H and O–H groups in total. The van der Waals surface area contributed by atoms with Crippen molar-refractivity contribution in [1.82, 2.24) is 4.90 Å². The maximum Gasteiger partial charge on any atom is 0.254 e. The summed E-state index contributed by atoms with van der Waals surface area (Å²) in [5.74, 6) is -0.546. The molecule has 1 aliphatic rings. The lowest BCUT2D eigenvalue weighted by Gasteiger charge is -2.29. The van der Waals surface area contributed by atoms with Gasteiger partial charge in [-0.3, -0.25) is 14.4 Å². The van der Waals surface area contributed by atoms with Crippen molar-refractivity contribution < 1.29 is 14.4 Å². The number of aryl methyl sites for hydroxylation is 1. The lowest BCUT2D eigenvalue weighted by molar-refractivity contribution is -0.119. The average molecular weight is 408 g/mol. The summed E-state index contributed by atoms with van der Waals surface area (Å²) in [5, 5.41) is 2.85. The van der Waals surface area contributed by atoms with Gasteiger partial charge in [0.15, 0.2) is 0 Å². The summed E-state index contributed by atoms with van der Waals surface area (Å²) in [7, 11) is 1.63. The summed E-state index contributed by atoms with van der Waals surface area (Å²) >= 11 is 0. The summed E-state index contributed by atoms with van der Waals surface area (Å²) in [4.78, 5) is 41.1. The molecule has 0 spiro atoms. The Hall–Kier alpha value is -3.15. The fourth-order valence-electron chi connectivity index (χ4n) is 3.73. The van der Waals surface area contributed by atoms with E-state index in [1.807, 2.05) is 49.4 Å². The van der Waals surface area contributed by atoms with Crippen LogP contribution in [0.5, 0.6) is 0 Å². The minimum absolute atomic E-state index is 0.0662. The van der Waals surface area contributed by atoms with Crippen LogP contribution >= 0.6 is 0 Å². The number of benzene rings is 2. The molecule has 3 amide bonds. The first kappa shape index (κ1) is 21.6. The Balaban J connectivity index is 1.73. The minimum Gasteiger partial charge on any atom is -0.332 e. The summed E-state index contributed by atoms with van der Waals surface area (Å²) in [6.07, 6.45) is 3.45. The summed E-state index contributed by atoms with van der Waals surface area (Å²) in [6, 6.07) is 14.5. The number of nitrogens with zero attached hydrogens (tertiary/aromatic N) is 2. The van der Waals surface area contributed by atoms with Crippen LogP contribution in [0.25, 0.3) is 0 Å². The van der Waals surface area contributed by atoms with Gasteiger partial charge in [-0.2, -0.15) is 0 Å². The predicted molar refractivity (Wildman–Crippen MR) is 119 cm³/mol. The number of unbranched alkanes of at least 4 members (excludes halogenated alkanes) is 1. The number of nitrogens with one attached hydrogen (secondary N) is 1. The standard InChI is InChI=1S/C24H29N3O3/c1-4-5-8-18-11-13-19(14-12-18)24(30)26(3)16-23(29)27-17(2)15-22(28)25-20-9-6-7-10-21(20)27/h6-7,9-14,17H,4-5,8,15-16H2,1-3H3,(H,25,28)/t17-/m1/s1. The zero-order valence-electron chi connectivity index (χ0n) is 17.9. The predicted octanol–water partition coefficient (Wildman–Crippen LogP) is 3.87. The first-order valence-corrected chi connectivity index (χ1v) is 10.5. The van der Waals surface area contributed by atoms with E-state index >= 15 is 0 Å². The molecule has 1 aliphatic heterocycles. The molecule has 3 rings (SSSR count). The van der Waals surface area contributed by atoms with E-state index in [1.165, 1.54) is 10.5 Å². The Morgan fingerprint density at radius 1 is 1.13 bits per heavy atom. The van der Waals surface area contributed by atoms with Crippen LogP contribution in [0.1, 0.15) is 49.0 Å². The number of para-hydroxylation sites is 2. The van der Waals surface area contributed by atoms with E-state index in [9.17, 15) is 14.4 Å². The Bertz CT molecular complexity index is 924. The van der Waals surface area contributed by atoms with E-state index in [1.54, 1.807) is 18.0 Å². The first-order chi connectivity index (χ1) is 14.4. The van der Waals surface area contributed by atoms with Crippen molar-refractivity contribution in [2.75, 3.05) is 23.8 Å². The molecule has 0 saturated heterocycles. The second-order valence-corrected chi connectivity index (χ2v) is 7.84. The Morgan fingerprint density at radius 2 is 1.83 bits per heavy atom. The van der Waals surface area contributed by atoms with Crippen LogP contribution in [0.4, 0.5) is 11.4 Å². The molecular weight excluding hydrogens is 378 g/mol. The molecule has 6 heteroatoms. The van der Waals surface area contributed by atoms with Crippen LogP contribution in [-0.2, 0) is 16.0 Å². The Morgan fingerprint density at radius 3 is 2.53 bits per heavy atom. The van der Waals surface area contributed by atoms with E-state index in [0.717, 1.165) is 19.3 Å². The summed E-state index contributed by atoms with van der Waals surface area (Å²) in [5.41, 5.74) is 3.03. The van der Waals surface area contributed by atoms with Gasteiger partial charge in [-0.05, 0) is 49.6 Å². The number of hydrogen-bond acceptors (Lipinski definition) is 3. The number of anilines is 2. The highest BCUT2D eigenvalue weighted by molar-refractivity contribution is 6.06. The van der Waals surface area contributed by atoms with Crippen molar-refractivity contribution in [3.63, 3.8) is 0 Å². The van der Waals surface area contributed by atoms with Gasteiger partial charge in [0.25, 0.3) is 5.91 Å². The van der Waals surface area contributed by atoms with E-state index in [2.05, 4.69) is 12.2 Å². The average Bonchev–Trinajstić information content (AvgIpc) is 2.86. The van der Waals surface area contributed by atoms with Crippen molar-refractivity contribution in [2.24, 2.45) is 0 Å². The SMILES string of the molecule is CCCCc1ccc(C(=O)N(C)CC(=O)N2c3ccccc3NC(=O)C[C@H]2C)cc1. The molecule has 0 bridgehead atoms. The molecule has 0 saturated carbocycles. The molecule has 2 aromatic carbocycles. The maximum absolute atomic E-state index is 13.1. The fraction of sp³-hybridized carbons (Fsp3) is 0.375. The first-order valence-electron chi connectivity index (χ1n) is 10.5. The number of amides is 3. The third-order valence-corrected chi connectivity index (χ3v) is 5.37. The van der Waals surface area contributed by atoms with Crippen molar-refractivity contribution in [3.8, 4) is 0 Å². The van der Waals surface area contributed by atoms with Crippen molar-refractivity contribution in [3.05, 3.63) is 59.7 Å². The van der Waals surface area contributed by atoms with Crippen LogP contribution in [0.3, 0.4) is 0 Å². The maximum atomic E-state index is 13.1. The molecule has 1 heterocycles. The molecule has 0 aromatic heterocycles. The van der Waals surface area contributed by atoms with Crippen LogP contribution in [0, 0.1) is 0 Å². The lowest BCUT2D eigenvalue weighted by Crippen LogP contribution is -2.45. The Labute approximate surface area is 177 Å². The number of carbonyl (C=O) groups is 3. The molecule has 6 nitrogen and oxygen atoms in total. The topological polar surface area (TPSA) is 69.7 Å². The van der Waals surface area contributed by atoms with Gasteiger partial charge in [-0.25, -0.2) is 0 Å². The van der Waals surface area contributed by atoms with Gasteiger partial charge >= 0.3 is 0 Å². The molecule has 158 valence electrons. The van der Waals surface area contributed by atoms with E-state index in [-0.39, 0.29) is 36.7 Å². The van der Waals surface area contributed by atoms with Crippen molar-refractivity contribution in [2.45, 2.75) is 45.6 Å². The summed E-state index contributed by atoms with van der Waals surface area (Å²) in [6.45, 7) is 3.93. The highest BCUT2D eigenvalue weighted by atomic mass is 16.2. The van der Waals surface area contributed by atoms with Gasteiger partial charge in [-0.1, -0.05) is 37.6 Å². The third kappa shape index (κ3) is 4.87. The van der Waals surface area contributed by atoms with Crippen LogP contribution < -0.4 is 10.2 Å². The number of fused-ring (bicyclic) bond motifs is 1. The quantitative estimate of drug-likeness (QED) is 0.790. The molecule has 0 aliphatic carbocycles. The van der Waals surface area contributed by atoms with Gasteiger partial charge in [0.05, 0.1) is 11.4 Å². The smallest absolute Gasteiger partial charge is 0.254 e. The van der Waals surface area contributed by atoms with Crippen molar-refractivity contribution >= 4 is 29.1 Å². The highest BCUT2D eigenvalue weighted by Gasteiger charge is 2.30. The molecule has 0 fully saturated rings. The van der Waals surface area contributed by atoms with Gasteiger partial charge in [-0.15, -0.1) is 0 Å². The van der Waals surface area contributed by atoms with E-state index in [0.29, 0.717) is 16.9 Å². The van der Waals surface area contributed by atoms with E-state index in [4.69, 9.17) is 0 Å². The zero-order chi connectivity index (χ0) is 21.7. The second kappa shape index (κ2) is 9.57. The molecule has 0 unspecified atom stereocenters. The second-order valence-electron chi connectivity index (χ2n) is 7.84. The number of rotatable bonds is 6. The van der Waals surface area contributed by atoms with Crippen LogP contribution in [0.2, 0.25) is 0 Å². The molecule has 30 heavy (non-hydrogen) atoms. The van der Waals surface area contributed by atoms with Gasteiger partial charge in [0, 0.05) is 25.1 Å². The fourth-order valence-corrected chi connectivity index (χ4v) is 3.73. The lowest BCUT2D eigenvalue weighted by atomic mass is 10.1. The van der Waals surface area contributed by atoms with Gasteiger partial charge in [0.2, 0.25) is 11.8 Å². The van der Waals surface area contributed by atoms with Gasteiger partial charge in [0.1, 0.15) is 6.54 Å². The van der Waals surface area contributed by atoms with Crippen LogP contribution in [-0.4, -0.2) is 42.3 Å². The number of hydrogen-bond donors (Lipinski definition) is 1. The van der Waals surface area contributed by atoms with E-state index < -0.39 is 0 Å². The summed E-state index contributed by atoms with van der Waals surface area (Å²) < 4.78 is 0. The molecule has 1 atom stereocenters. The van der Waals surface area contributed by atoms with Crippen LogP contribution in [0.15, 0.2) is 48.5 Å². The number of carbonyl (C=O) groups excluding carboxylic acids is 3. The largest absolute Gasteiger partial charge is 0.332 e.